The van der Waals surface area contributed by atoms with Crippen molar-refractivity contribution in [3.63, 3.8) is 0 Å². The zero-order valence-corrected chi connectivity index (χ0v) is 12.3. The van der Waals surface area contributed by atoms with Gasteiger partial charge < -0.3 is 5.73 Å². The van der Waals surface area contributed by atoms with Crippen LogP contribution in [0.25, 0.3) is 0 Å². The minimum absolute atomic E-state index is 0.0699. The van der Waals surface area contributed by atoms with Crippen LogP contribution >= 0.6 is 11.8 Å². The SMILES string of the molecule is C=CCSCCNS(=O)(=O)c1cc(N)cc(F)c1C. The van der Waals surface area contributed by atoms with Crippen molar-refractivity contribution >= 4 is 27.5 Å². The van der Waals surface area contributed by atoms with E-state index >= 15 is 0 Å². The molecule has 3 N–H and O–H groups in total. The summed E-state index contributed by atoms with van der Waals surface area (Å²) < 4.78 is 40.0. The molecule has 1 aromatic rings. The maximum Gasteiger partial charge on any atom is 0.241 e. The first-order valence-corrected chi connectivity index (χ1v) is 8.26. The monoisotopic (exact) mass is 304 g/mol. The smallest absolute Gasteiger partial charge is 0.241 e. The number of sulfonamides is 1. The number of nitrogens with one attached hydrogen (secondary N) is 1. The third-order valence-electron chi connectivity index (χ3n) is 2.38. The molecule has 0 saturated heterocycles. The zero-order valence-electron chi connectivity index (χ0n) is 10.6. The molecule has 0 radical (unpaired) electrons. The first-order chi connectivity index (χ1) is 8.88. The lowest BCUT2D eigenvalue weighted by molar-refractivity contribution is 0.577. The third-order valence-corrected chi connectivity index (χ3v) is 4.93. The van der Waals surface area contributed by atoms with Crippen molar-refractivity contribution in [1.82, 2.24) is 4.72 Å². The largest absolute Gasteiger partial charge is 0.399 e. The van der Waals surface area contributed by atoms with E-state index in [2.05, 4.69) is 11.3 Å². The lowest BCUT2D eigenvalue weighted by atomic mass is 10.2. The highest BCUT2D eigenvalue weighted by atomic mass is 32.2. The normalized spacial score (nSPS) is 11.5. The highest BCUT2D eigenvalue weighted by Crippen LogP contribution is 2.21. The number of halogens is 1. The summed E-state index contributed by atoms with van der Waals surface area (Å²) in [4.78, 5) is -0.112. The third kappa shape index (κ3) is 4.52. The Labute approximate surface area is 117 Å². The number of rotatable bonds is 7. The average Bonchev–Trinajstić information content (AvgIpc) is 2.33. The van der Waals surface area contributed by atoms with Gasteiger partial charge in [0.2, 0.25) is 10.0 Å². The van der Waals surface area contributed by atoms with E-state index in [-0.39, 0.29) is 22.7 Å². The van der Waals surface area contributed by atoms with Crippen molar-refractivity contribution in [3.8, 4) is 0 Å². The Morgan fingerprint density at radius 1 is 1.53 bits per heavy atom. The molecule has 19 heavy (non-hydrogen) atoms. The van der Waals surface area contributed by atoms with Crippen molar-refractivity contribution in [2.75, 3.05) is 23.8 Å². The Morgan fingerprint density at radius 2 is 2.21 bits per heavy atom. The van der Waals surface area contributed by atoms with Gasteiger partial charge >= 0.3 is 0 Å². The summed E-state index contributed by atoms with van der Waals surface area (Å²) in [5.41, 5.74) is 5.63. The van der Waals surface area contributed by atoms with Gasteiger partial charge in [-0.25, -0.2) is 17.5 Å². The molecular formula is C12H17FN2O2S2. The molecule has 0 unspecified atom stereocenters. The van der Waals surface area contributed by atoms with E-state index in [1.54, 1.807) is 17.8 Å². The Bertz CT molecular complexity index is 559. The van der Waals surface area contributed by atoms with E-state index in [4.69, 9.17) is 5.73 Å². The molecule has 4 nitrogen and oxygen atoms in total. The van der Waals surface area contributed by atoms with Gasteiger partial charge in [-0.1, -0.05) is 6.08 Å². The van der Waals surface area contributed by atoms with Crippen LogP contribution in [0.3, 0.4) is 0 Å². The van der Waals surface area contributed by atoms with Crippen LogP contribution < -0.4 is 10.5 Å². The second kappa shape index (κ2) is 6.93. The van der Waals surface area contributed by atoms with Crippen LogP contribution in [0.5, 0.6) is 0 Å². The molecule has 0 bridgehead atoms. The van der Waals surface area contributed by atoms with E-state index in [1.807, 2.05) is 0 Å². The topological polar surface area (TPSA) is 72.2 Å². The fourth-order valence-corrected chi connectivity index (χ4v) is 3.47. The second-order valence-electron chi connectivity index (χ2n) is 3.89. The summed E-state index contributed by atoms with van der Waals surface area (Å²) >= 11 is 1.56. The van der Waals surface area contributed by atoms with Crippen molar-refractivity contribution in [1.29, 1.82) is 0 Å². The van der Waals surface area contributed by atoms with Gasteiger partial charge in [-0.3, -0.25) is 0 Å². The lowest BCUT2D eigenvalue weighted by Gasteiger charge is -2.10. The second-order valence-corrected chi connectivity index (χ2v) is 6.77. The Morgan fingerprint density at radius 3 is 2.84 bits per heavy atom. The van der Waals surface area contributed by atoms with Gasteiger partial charge in [0.25, 0.3) is 0 Å². The molecule has 0 heterocycles. The summed E-state index contributed by atoms with van der Waals surface area (Å²) in [6.45, 7) is 5.26. The van der Waals surface area contributed by atoms with Crippen LogP contribution in [0, 0.1) is 12.7 Å². The van der Waals surface area contributed by atoms with E-state index in [0.29, 0.717) is 5.75 Å². The standard InChI is InChI=1S/C12H17FN2O2S2/c1-3-5-18-6-4-15-19(16,17)12-8-10(14)7-11(13)9(12)2/h3,7-8,15H,1,4-6,14H2,2H3. The minimum atomic E-state index is -3.73. The molecule has 0 aromatic heterocycles. The van der Waals surface area contributed by atoms with Crippen LogP contribution in [0.15, 0.2) is 29.7 Å². The van der Waals surface area contributed by atoms with E-state index in [0.717, 1.165) is 11.8 Å². The van der Waals surface area contributed by atoms with E-state index < -0.39 is 15.8 Å². The van der Waals surface area contributed by atoms with Gasteiger partial charge in [0.15, 0.2) is 0 Å². The lowest BCUT2D eigenvalue weighted by Crippen LogP contribution is -2.27. The molecule has 0 aliphatic rings. The van der Waals surface area contributed by atoms with Gasteiger partial charge in [-0.15, -0.1) is 6.58 Å². The van der Waals surface area contributed by atoms with Crippen LogP contribution in [0.1, 0.15) is 5.56 Å². The summed E-state index contributed by atoms with van der Waals surface area (Å²) in [5.74, 6) is 0.754. The molecule has 0 aliphatic carbocycles. The number of hydrogen-bond donors (Lipinski definition) is 2. The molecule has 106 valence electrons. The summed E-state index contributed by atoms with van der Waals surface area (Å²) in [6, 6.07) is 2.37. The van der Waals surface area contributed by atoms with Gasteiger partial charge in [-0.2, -0.15) is 11.8 Å². The van der Waals surface area contributed by atoms with Gasteiger partial charge in [0, 0.05) is 29.3 Å². The minimum Gasteiger partial charge on any atom is -0.399 e. The van der Waals surface area contributed by atoms with Crippen LogP contribution in [0.2, 0.25) is 0 Å². The molecule has 0 spiro atoms. The molecule has 0 aliphatic heterocycles. The predicted octanol–water partition coefficient (Wildman–Crippen LogP) is 1.91. The molecule has 1 aromatic carbocycles. The Hall–Kier alpha value is -1.05. The van der Waals surface area contributed by atoms with Crippen molar-refractivity contribution in [2.24, 2.45) is 0 Å². The molecule has 1 rings (SSSR count). The Balaban J connectivity index is 2.80. The van der Waals surface area contributed by atoms with Crippen LogP contribution in [-0.2, 0) is 10.0 Å². The Kier molecular flexibility index (Phi) is 5.84. The molecule has 0 fully saturated rings. The maximum absolute atomic E-state index is 13.5. The van der Waals surface area contributed by atoms with Gasteiger partial charge in [0.1, 0.15) is 5.82 Å². The fraction of sp³-hybridized carbons (Fsp3) is 0.333. The molecule has 7 heteroatoms. The summed E-state index contributed by atoms with van der Waals surface area (Å²) in [7, 11) is -3.73. The van der Waals surface area contributed by atoms with E-state index in [1.165, 1.54) is 13.0 Å². The maximum atomic E-state index is 13.5. The first kappa shape index (κ1) is 16.0. The quantitative estimate of drug-likeness (QED) is 0.458. The highest BCUT2D eigenvalue weighted by molar-refractivity contribution is 7.99. The number of thioether (sulfide) groups is 1. The number of hydrogen-bond acceptors (Lipinski definition) is 4. The van der Waals surface area contributed by atoms with Crippen molar-refractivity contribution < 1.29 is 12.8 Å². The van der Waals surface area contributed by atoms with Crippen molar-refractivity contribution in [2.45, 2.75) is 11.8 Å². The highest BCUT2D eigenvalue weighted by Gasteiger charge is 2.19. The average molecular weight is 304 g/mol. The van der Waals surface area contributed by atoms with Crippen molar-refractivity contribution in [3.05, 3.63) is 36.2 Å². The molecular weight excluding hydrogens is 287 g/mol. The predicted molar refractivity (Wildman–Crippen MR) is 78.3 cm³/mol. The molecule has 0 saturated carbocycles. The summed E-state index contributed by atoms with van der Waals surface area (Å²) in [5, 5.41) is 0. The zero-order chi connectivity index (χ0) is 14.5. The van der Waals surface area contributed by atoms with Crippen LogP contribution in [-0.4, -0.2) is 26.5 Å². The molecule has 0 amide bonds. The van der Waals surface area contributed by atoms with Crippen LogP contribution in [0.4, 0.5) is 10.1 Å². The van der Waals surface area contributed by atoms with E-state index in [9.17, 15) is 12.8 Å². The first-order valence-electron chi connectivity index (χ1n) is 5.62. The molecule has 0 atom stereocenters. The number of benzene rings is 1. The van der Waals surface area contributed by atoms with Gasteiger partial charge in [-0.05, 0) is 19.1 Å². The summed E-state index contributed by atoms with van der Waals surface area (Å²) in [6.07, 6.45) is 1.75. The number of nitrogen functional groups attached to an aromatic ring is 1. The van der Waals surface area contributed by atoms with Gasteiger partial charge in [0.05, 0.1) is 4.90 Å². The fourth-order valence-electron chi connectivity index (χ4n) is 1.45. The number of nitrogens with two attached hydrogens (primary N) is 1. The number of anilines is 1.